The van der Waals surface area contributed by atoms with Crippen molar-refractivity contribution in [2.45, 2.75) is 12.5 Å². The summed E-state index contributed by atoms with van der Waals surface area (Å²) in [5.41, 5.74) is -1.62. The van der Waals surface area contributed by atoms with E-state index in [0.29, 0.717) is 10.2 Å². The molecule has 0 fully saturated rings. The predicted molar refractivity (Wildman–Crippen MR) is 79.1 cm³/mol. The average molecular weight is 356 g/mol. The normalized spacial score (nSPS) is 13.5. The predicted octanol–water partition coefficient (Wildman–Crippen LogP) is 4.14. The van der Waals surface area contributed by atoms with Gasteiger partial charge in [0.25, 0.3) is 0 Å². The zero-order chi connectivity index (χ0) is 15.6. The molecule has 110 valence electrons. The summed E-state index contributed by atoms with van der Waals surface area (Å²) in [5, 5.41) is 12.2. The SMILES string of the molecule is CC(Nc1ccccc1Br)(C(=O)O)c1cc(F)ccc1F. The number of hydrogen-bond acceptors (Lipinski definition) is 2. The van der Waals surface area contributed by atoms with Gasteiger partial charge in [0, 0.05) is 15.7 Å². The highest BCUT2D eigenvalue weighted by Crippen LogP contribution is 2.32. The van der Waals surface area contributed by atoms with Gasteiger partial charge in [-0.2, -0.15) is 0 Å². The van der Waals surface area contributed by atoms with E-state index in [0.717, 1.165) is 18.2 Å². The van der Waals surface area contributed by atoms with Crippen molar-refractivity contribution in [1.82, 2.24) is 0 Å². The van der Waals surface area contributed by atoms with Crippen LogP contribution in [0.4, 0.5) is 14.5 Å². The number of hydrogen-bond donors (Lipinski definition) is 2. The second-order valence-corrected chi connectivity index (χ2v) is 5.51. The van der Waals surface area contributed by atoms with Crippen LogP contribution in [0.3, 0.4) is 0 Å². The molecule has 0 spiro atoms. The lowest BCUT2D eigenvalue weighted by Crippen LogP contribution is -2.41. The van der Waals surface area contributed by atoms with Crippen LogP contribution < -0.4 is 5.32 Å². The van der Waals surface area contributed by atoms with E-state index in [1.807, 2.05) is 0 Å². The van der Waals surface area contributed by atoms with Gasteiger partial charge in [0.05, 0.1) is 0 Å². The Balaban J connectivity index is 2.53. The Kier molecular flexibility index (Phi) is 4.27. The molecule has 0 amide bonds. The minimum absolute atomic E-state index is 0.272. The molecule has 0 aliphatic rings. The third-order valence-electron chi connectivity index (χ3n) is 3.15. The van der Waals surface area contributed by atoms with Crippen LogP contribution in [0.25, 0.3) is 0 Å². The summed E-state index contributed by atoms with van der Waals surface area (Å²) in [4.78, 5) is 11.6. The topological polar surface area (TPSA) is 49.3 Å². The minimum atomic E-state index is -1.81. The van der Waals surface area contributed by atoms with Crippen molar-refractivity contribution >= 4 is 27.6 Å². The molecule has 2 aromatic carbocycles. The zero-order valence-electron chi connectivity index (χ0n) is 11.0. The molecule has 0 saturated carbocycles. The summed E-state index contributed by atoms with van der Waals surface area (Å²) in [5.74, 6) is -2.81. The zero-order valence-corrected chi connectivity index (χ0v) is 12.6. The molecule has 1 unspecified atom stereocenters. The molecule has 0 saturated heterocycles. The number of aliphatic carboxylic acids is 1. The van der Waals surface area contributed by atoms with Crippen LogP contribution in [0.1, 0.15) is 12.5 Å². The molecule has 6 heteroatoms. The number of carboxylic acid groups (broad SMARTS) is 1. The molecule has 1 atom stereocenters. The lowest BCUT2D eigenvalue weighted by Gasteiger charge is -2.29. The lowest BCUT2D eigenvalue weighted by atomic mass is 9.91. The number of anilines is 1. The first-order chi connectivity index (χ1) is 9.84. The summed E-state index contributed by atoms with van der Waals surface area (Å²) in [7, 11) is 0. The molecule has 0 aromatic heterocycles. The summed E-state index contributed by atoms with van der Waals surface area (Å²) in [6.45, 7) is 1.28. The lowest BCUT2D eigenvalue weighted by molar-refractivity contribution is -0.142. The summed E-state index contributed by atoms with van der Waals surface area (Å²) in [6, 6.07) is 9.56. The van der Waals surface area contributed by atoms with Gasteiger partial charge in [-0.25, -0.2) is 13.6 Å². The van der Waals surface area contributed by atoms with E-state index in [9.17, 15) is 18.7 Å². The molecule has 3 nitrogen and oxygen atoms in total. The second kappa shape index (κ2) is 5.81. The van der Waals surface area contributed by atoms with Crippen molar-refractivity contribution in [3.8, 4) is 0 Å². The van der Waals surface area contributed by atoms with Gasteiger partial charge in [-0.3, -0.25) is 0 Å². The summed E-state index contributed by atoms with van der Waals surface area (Å²) in [6.07, 6.45) is 0. The van der Waals surface area contributed by atoms with E-state index in [4.69, 9.17) is 0 Å². The largest absolute Gasteiger partial charge is 0.479 e. The molecule has 0 heterocycles. The van der Waals surface area contributed by atoms with E-state index < -0.39 is 23.1 Å². The Hall–Kier alpha value is -1.95. The van der Waals surface area contributed by atoms with E-state index in [1.165, 1.54) is 6.92 Å². The van der Waals surface area contributed by atoms with E-state index >= 15 is 0 Å². The van der Waals surface area contributed by atoms with Crippen molar-refractivity contribution in [2.75, 3.05) is 5.32 Å². The monoisotopic (exact) mass is 355 g/mol. The Morgan fingerprint density at radius 2 is 1.90 bits per heavy atom. The molecule has 21 heavy (non-hydrogen) atoms. The molecule has 0 aliphatic carbocycles. The van der Waals surface area contributed by atoms with Gasteiger partial charge in [0.2, 0.25) is 0 Å². The van der Waals surface area contributed by atoms with E-state index in [-0.39, 0.29) is 5.56 Å². The van der Waals surface area contributed by atoms with Gasteiger partial charge >= 0.3 is 5.97 Å². The summed E-state index contributed by atoms with van der Waals surface area (Å²) >= 11 is 3.28. The van der Waals surface area contributed by atoms with Crippen molar-refractivity contribution in [3.05, 3.63) is 64.1 Å². The first kappa shape index (κ1) is 15.4. The Labute approximate surface area is 128 Å². The first-order valence-electron chi connectivity index (χ1n) is 6.06. The minimum Gasteiger partial charge on any atom is -0.479 e. The Morgan fingerprint density at radius 3 is 2.52 bits per heavy atom. The number of carboxylic acids is 1. The third-order valence-corrected chi connectivity index (χ3v) is 3.84. The highest BCUT2D eigenvalue weighted by molar-refractivity contribution is 9.10. The number of benzene rings is 2. The van der Waals surface area contributed by atoms with Crippen molar-refractivity contribution in [2.24, 2.45) is 0 Å². The fraction of sp³-hybridized carbons (Fsp3) is 0.133. The van der Waals surface area contributed by atoms with E-state index in [2.05, 4.69) is 21.2 Å². The number of nitrogens with one attached hydrogen (secondary N) is 1. The van der Waals surface area contributed by atoms with Crippen LogP contribution in [-0.2, 0) is 10.3 Å². The van der Waals surface area contributed by atoms with Gasteiger partial charge in [-0.1, -0.05) is 12.1 Å². The maximum absolute atomic E-state index is 13.9. The molecule has 2 rings (SSSR count). The van der Waals surface area contributed by atoms with Crippen LogP contribution in [0, 0.1) is 11.6 Å². The molecular weight excluding hydrogens is 344 g/mol. The molecule has 0 radical (unpaired) electrons. The highest BCUT2D eigenvalue weighted by atomic mass is 79.9. The van der Waals surface area contributed by atoms with Crippen LogP contribution >= 0.6 is 15.9 Å². The molecule has 0 aliphatic heterocycles. The van der Waals surface area contributed by atoms with Gasteiger partial charge < -0.3 is 10.4 Å². The highest BCUT2D eigenvalue weighted by Gasteiger charge is 2.38. The standard InChI is InChI=1S/C15H12BrF2NO2/c1-15(14(20)21,10-8-9(17)6-7-12(10)18)19-13-5-3-2-4-11(13)16/h2-8,19H,1H3,(H,20,21). The van der Waals surface area contributed by atoms with Crippen LogP contribution in [0.5, 0.6) is 0 Å². The Bertz CT molecular complexity index is 693. The fourth-order valence-corrected chi connectivity index (χ4v) is 2.33. The van der Waals surface area contributed by atoms with Crippen molar-refractivity contribution in [1.29, 1.82) is 0 Å². The number of halogens is 3. The summed E-state index contributed by atoms with van der Waals surface area (Å²) < 4.78 is 27.9. The van der Waals surface area contributed by atoms with Gasteiger partial charge in [-0.05, 0) is 53.2 Å². The maximum atomic E-state index is 13.9. The van der Waals surface area contributed by atoms with E-state index in [1.54, 1.807) is 24.3 Å². The fourth-order valence-electron chi connectivity index (χ4n) is 1.95. The maximum Gasteiger partial charge on any atom is 0.333 e. The Morgan fingerprint density at radius 1 is 1.24 bits per heavy atom. The van der Waals surface area contributed by atoms with Gasteiger partial charge in [0.15, 0.2) is 5.54 Å². The van der Waals surface area contributed by atoms with Crippen molar-refractivity contribution < 1.29 is 18.7 Å². The molecule has 2 aromatic rings. The molecular formula is C15H12BrF2NO2. The third kappa shape index (κ3) is 3.05. The van der Waals surface area contributed by atoms with Crippen LogP contribution in [0.2, 0.25) is 0 Å². The van der Waals surface area contributed by atoms with Crippen LogP contribution in [-0.4, -0.2) is 11.1 Å². The smallest absolute Gasteiger partial charge is 0.333 e. The number of para-hydroxylation sites is 1. The van der Waals surface area contributed by atoms with Gasteiger partial charge in [-0.15, -0.1) is 0 Å². The van der Waals surface area contributed by atoms with Crippen molar-refractivity contribution in [3.63, 3.8) is 0 Å². The number of carbonyl (C=O) groups is 1. The second-order valence-electron chi connectivity index (χ2n) is 4.66. The molecule has 2 N–H and O–H groups in total. The quantitative estimate of drug-likeness (QED) is 0.866. The average Bonchev–Trinajstić information content (AvgIpc) is 2.43. The number of rotatable bonds is 4. The molecule has 0 bridgehead atoms. The first-order valence-corrected chi connectivity index (χ1v) is 6.85. The van der Waals surface area contributed by atoms with Gasteiger partial charge in [0.1, 0.15) is 11.6 Å². The van der Waals surface area contributed by atoms with Crippen LogP contribution in [0.15, 0.2) is 46.9 Å².